The minimum absolute atomic E-state index is 0.196. The van der Waals surface area contributed by atoms with E-state index >= 15 is 0 Å². The molecule has 2 aromatic rings. The molecule has 1 aliphatic heterocycles. The Morgan fingerprint density at radius 3 is 2.80 bits per heavy atom. The van der Waals surface area contributed by atoms with Crippen molar-refractivity contribution in [3.8, 4) is 11.4 Å². The summed E-state index contributed by atoms with van der Waals surface area (Å²) in [6.45, 7) is 0.547. The van der Waals surface area contributed by atoms with E-state index in [0.29, 0.717) is 24.1 Å². The van der Waals surface area contributed by atoms with Crippen molar-refractivity contribution in [3.05, 3.63) is 35.2 Å². The summed E-state index contributed by atoms with van der Waals surface area (Å²) in [6, 6.07) is 4.73. The molecule has 104 valence electrons. The van der Waals surface area contributed by atoms with Crippen molar-refractivity contribution in [2.45, 2.75) is 12.6 Å². The van der Waals surface area contributed by atoms with Gasteiger partial charge in [0.15, 0.2) is 0 Å². The number of nitrogens with zero attached hydrogens (tertiary/aromatic N) is 2. The van der Waals surface area contributed by atoms with E-state index in [-0.39, 0.29) is 11.7 Å². The highest BCUT2D eigenvalue weighted by atomic mass is 19.4. The third-order valence-corrected chi connectivity index (χ3v) is 2.96. The summed E-state index contributed by atoms with van der Waals surface area (Å²) in [5.41, 5.74) is 1.57. The van der Waals surface area contributed by atoms with Gasteiger partial charge in [0.2, 0.25) is 5.82 Å². The lowest BCUT2D eigenvalue weighted by Crippen LogP contribution is -2.31. The number of carbonyl (C=O) groups is 1. The highest BCUT2D eigenvalue weighted by molar-refractivity contribution is 5.97. The molecule has 1 N–H and O–H groups in total. The van der Waals surface area contributed by atoms with Gasteiger partial charge in [0.25, 0.3) is 5.91 Å². The van der Waals surface area contributed by atoms with E-state index in [4.69, 9.17) is 0 Å². The van der Waals surface area contributed by atoms with Crippen LogP contribution in [0.4, 0.5) is 13.2 Å². The van der Waals surface area contributed by atoms with Crippen molar-refractivity contribution in [2.24, 2.45) is 0 Å². The first-order valence-corrected chi connectivity index (χ1v) is 5.77. The second kappa shape index (κ2) is 4.32. The minimum Gasteiger partial charge on any atom is -0.352 e. The molecule has 8 heteroatoms. The predicted octanol–water partition coefficient (Wildman–Crippen LogP) is 2.04. The summed E-state index contributed by atoms with van der Waals surface area (Å²) in [5, 5.41) is 5.95. The topological polar surface area (TPSA) is 68.0 Å². The zero-order valence-electron chi connectivity index (χ0n) is 9.99. The van der Waals surface area contributed by atoms with Crippen LogP contribution in [-0.4, -0.2) is 22.6 Å². The Bertz CT molecular complexity index is 679. The molecule has 2 heterocycles. The van der Waals surface area contributed by atoms with E-state index in [1.165, 1.54) is 6.07 Å². The fourth-order valence-corrected chi connectivity index (χ4v) is 2.01. The fraction of sp³-hybridized carbons (Fsp3) is 0.250. The molecule has 1 aromatic heterocycles. The second-order valence-electron chi connectivity index (χ2n) is 4.30. The van der Waals surface area contributed by atoms with Gasteiger partial charge in [-0.25, -0.2) is 0 Å². The van der Waals surface area contributed by atoms with Gasteiger partial charge in [-0.1, -0.05) is 17.3 Å². The monoisotopic (exact) mass is 283 g/mol. The minimum atomic E-state index is -4.68. The summed E-state index contributed by atoms with van der Waals surface area (Å²) in [7, 11) is 0. The standard InChI is InChI=1S/C12H8F3N3O2/c13-12(14,15)11-17-9(18-20-11)7-2-1-6-3-4-16-10(19)8(6)5-7/h1-2,5H,3-4H2,(H,16,19). The Hall–Kier alpha value is -2.38. The Balaban J connectivity index is 2.01. The van der Waals surface area contributed by atoms with Crippen molar-refractivity contribution < 1.29 is 22.5 Å². The fourth-order valence-electron chi connectivity index (χ4n) is 2.01. The van der Waals surface area contributed by atoms with E-state index in [9.17, 15) is 18.0 Å². The number of nitrogens with one attached hydrogen (secondary N) is 1. The SMILES string of the molecule is O=C1NCCc2ccc(-c3noc(C(F)(F)F)n3)cc21. The molecule has 1 aliphatic rings. The van der Waals surface area contributed by atoms with Gasteiger partial charge < -0.3 is 9.84 Å². The zero-order valence-corrected chi connectivity index (χ0v) is 9.99. The molecule has 3 rings (SSSR count). The zero-order chi connectivity index (χ0) is 14.3. The smallest absolute Gasteiger partial charge is 0.352 e. The molecule has 20 heavy (non-hydrogen) atoms. The van der Waals surface area contributed by atoms with Crippen LogP contribution in [0.3, 0.4) is 0 Å². The molecule has 5 nitrogen and oxygen atoms in total. The molecule has 1 aromatic carbocycles. The number of hydrogen-bond acceptors (Lipinski definition) is 4. The van der Waals surface area contributed by atoms with E-state index in [0.717, 1.165) is 5.56 Å². The first-order valence-electron chi connectivity index (χ1n) is 5.77. The summed E-state index contributed by atoms with van der Waals surface area (Å²) in [4.78, 5) is 15.0. The van der Waals surface area contributed by atoms with Gasteiger partial charge >= 0.3 is 12.1 Å². The van der Waals surface area contributed by atoms with Crippen LogP contribution in [0.5, 0.6) is 0 Å². The van der Waals surface area contributed by atoms with Gasteiger partial charge in [0.1, 0.15) is 0 Å². The first kappa shape index (κ1) is 12.6. The van der Waals surface area contributed by atoms with Crippen molar-refractivity contribution in [1.29, 1.82) is 0 Å². The third-order valence-electron chi connectivity index (χ3n) is 2.96. The largest absolute Gasteiger partial charge is 0.471 e. The van der Waals surface area contributed by atoms with E-state index in [1.807, 2.05) is 0 Å². The van der Waals surface area contributed by atoms with Gasteiger partial charge in [-0.05, 0) is 18.1 Å². The molecular weight excluding hydrogens is 275 g/mol. The number of carbonyl (C=O) groups excluding carboxylic acids is 1. The molecule has 0 atom stereocenters. The van der Waals surface area contributed by atoms with Gasteiger partial charge in [-0.2, -0.15) is 18.2 Å². The van der Waals surface area contributed by atoms with Crippen molar-refractivity contribution in [2.75, 3.05) is 6.54 Å². The van der Waals surface area contributed by atoms with Crippen molar-refractivity contribution in [1.82, 2.24) is 15.5 Å². The number of rotatable bonds is 1. The Morgan fingerprint density at radius 2 is 2.10 bits per heavy atom. The molecule has 0 spiro atoms. The molecule has 1 amide bonds. The Labute approximate surface area is 110 Å². The van der Waals surface area contributed by atoms with Crippen LogP contribution in [0.1, 0.15) is 21.8 Å². The molecule has 0 bridgehead atoms. The number of hydrogen-bond donors (Lipinski definition) is 1. The number of halogens is 3. The maximum Gasteiger partial charge on any atom is 0.471 e. The molecular formula is C12H8F3N3O2. The van der Waals surface area contributed by atoms with Gasteiger partial charge in [0, 0.05) is 17.7 Å². The first-order chi connectivity index (χ1) is 9.45. The maximum absolute atomic E-state index is 12.4. The second-order valence-corrected chi connectivity index (χ2v) is 4.30. The lowest BCUT2D eigenvalue weighted by Gasteiger charge is -2.16. The van der Waals surface area contributed by atoms with Crippen LogP contribution < -0.4 is 5.32 Å². The Kier molecular flexibility index (Phi) is 2.73. The van der Waals surface area contributed by atoms with Crippen LogP contribution in [0, 0.1) is 0 Å². The number of alkyl halides is 3. The quantitative estimate of drug-likeness (QED) is 0.869. The highest BCUT2D eigenvalue weighted by Gasteiger charge is 2.38. The molecule has 0 saturated carbocycles. The maximum atomic E-state index is 12.4. The van der Waals surface area contributed by atoms with Crippen molar-refractivity contribution in [3.63, 3.8) is 0 Å². The molecule has 0 radical (unpaired) electrons. The summed E-state index contributed by atoms with van der Waals surface area (Å²) >= 11 is 0. The average molecular weight is 283 g/mol. The molecule has 0 saturated heterocycles. The lowest BCUT2D eigenvalue weighted by atomic mass is 9.98. The predicted molar refractivity (Wildman–Crippen MR) is 60.8 cm³/mol. The van der Waals surface area contributed by atoms with Gasteiger partial charge in [-0.15, -0.1) is 0 Å². The normalized spacial score (nSPS) is 14.8. The number of benzene rings is 1. The van der Waals surface area contributed by atoms with Gasteiger partial charge in [0.05, 0.1) is 0 Å². The van der Waals surface area contributed by atoms with E-state index in [1.54, 1.807) is 12.1 Å². The van der Waals surface area contributed by atoms with Crippen LogP contribution >= 0.6 is 0 Å². The Morgan fingerprint density at radius 1 is 1.30 bits per heavy atom. The van der Waals surface area contributed by atoms with E-state index in [2.05, 4.69) is 20.0 Å². The molecule has 0 fully saturated rings. The van der Waals surface area contributed by atoms with Crippen LogP contribution in [0.2, 0.25) is 0 Å². The summed E-state index contributed by atoms with van der Waals surface area (Å²) in [6.07, 6.45) is -4.00. The average Bonchev–Trinajstić information content (AvgIpc) is 2.88. The van der Waals surface area contributed by atoms with Gasteiger partial charge in [-0.3, -0.25) is 4.79 Å². The lowest BCUT2D eigenvalue weighted by molar-refractivity contribution is -0.159. The van der Waals surface area contributed by atoms with Crippen LogP contribution in [0.15, 0.2) is 22.7 Å². The summed E-state index contributed by atoms with van der Waals surface area (Å²) in [5.74, 6) is -1.86. The highest BCUT2D eigenvalue weighted by Crippen LogP contribution is 2.30. The number of aromatic nitrogens is 2. The number of amides is 1. The van der Waals surface area contributed by atoms with Crippen LogP contribution in [0.25, 0.3) is 11.4 Å². The van der Waals surface area contributed by atoms with Crippen molar-refractivity contribution >= 4 is 5.91 Å². The third kappa shape index (κ3) is 2.13. The van der Waals surface area contributed by atoms with Crippen LogP contribution in [-0.2, 0) is 12.6 Å². The van der Waals surface area contributed by atoms with E-state index < -0.39 is 12.1 Å². The number of fused-ring (bicyclic) bond motifs is 1. The molecule has 0 aliphatic carbocycles. The summed E-state index contributed by atoms with van der Waals surface area (Å²) < 4.78 is 41.3. The molecule has 0 unspecified atom stereocenters.